The molecule has 0 aliphatic carbocycles. The Morgan fingerprint density at radius 1 is 0.290 bits per heavy atom. The van der Waals surface area contributed by atoms with Gasteiger partial charge >= 0.3 is 0 Å². The summed E-state index contributed by atoms with van der Waals surface area (Å²) in [5, 5.41) is -1.05. The van der Waals surface area contributed by atoms with Crippen LogP contribution in [-0.2, 0) is 0 Å². The zero-order valence-electron chi connectivity index (χ0n) is 48.4. The van der Waals surface area contributed by atoms with Crippen LogP contribution < -0.4 is 0 Å². The minimum Gasteiger partial charge on any atom is -0.278 e. The van der Waals surface area contributed by atoms with Crippen molar-refractivity contribution in [3.05, 3.63) is 224 Å². The number of benzene rings is 9. The normalized spacial score (nSPS) is 15.2. The van der Waals surface area contributed by atoms with E-state index >= 15 is 0 Å². The molecule has 0 spiro atoms. The molecule has 9 aromatic carbocycles. The fraction of sp³-hybridized carbons (Fsp3) is 0. The van der Waals surface area contributed by atoms with Gasteiger partial charge in [-0.25, -0.2) is 0 Å². The molecule has 0 aliphatic heterocycles. The first-order valence-electron chi connectivity index (χ1n) is 27.6. The first kappa shape index (κ1) is 22.8. The summed E-state index contributed by atoms with van der Waals surface area (Å²) >= 11 is 0. The zero-order chi connectivity index (χ0) is 54.9. The van der Waals surface area contributed by atoms with Gasteiger partial charge in [0, 0.05) is 27.1 Å². The van der Waals surface area contributed by atoms with Crippen molar-refractivity contribution in [2.75, 3.05) is 0 Å². The molecule has 12 aromatic rings. The number of rotatable bonds is 7. The highest BCUT2D eigenvalue weighted by Crippen LogP contribution is 2.36. The molecule has 5 nitrogen and oxygen atoms in total. The maximum atomic E-state index is 9.20. The molecule has 0 bridgehead atoms. The molecule has 0 amide bonds. The average molecular weight is 808 g/mol. The SMILES string of the molecule is [2H]c1c([2H])c([2H])c2c(c1[2H])c1c([2H])c([2H])c([2H])c([2H])c1n2-c1nc(-c2ccc(-c3cccc(-c4cccc(-c5cccc(-c6ccccc6)c5)c4)c3)cc2)nc(-n2c3c([2H])c([2H])c([2H])c([2H])c3c3c([2H])c([2H])c([2H])c([2H])c32)n1. The fourth-order valence-corrected chi connectivity index (χ4v) is 8.00. The van der Waals surface area contributed by atoms with Gasteiger partial charge in [0.15, 0.2) is 5.82 Å². The van der Waals surface area contributed by atoms with Crippen molar-refractivity contribution >= 4 is 43.6 Å². The second-order valence-corrected chi connectivity index (χ2v) is 14.5. The monoisotopic (exact) mass is 807 g/mol. The van der Waals surface area contributed by atoms with Gasteiger partial charge in [0.1, 0.15) is 0 Å². The van der Waals surface area contributed by atoms with E-state index in [0.717, 1.165) is 53.6 Å². The van der Waals surface area contributed by atoms with E-state index in [9.17, 15) is 5.48 Å². The minimum absolute atomic E-state index is 0.142. The molecule has 0 N–H and O–H groups in total. The van der Waals surface area contributed by atoms with E-state index in [2.05, 4.69) is 48.5 Å². The third-order valence-corrected chi connectivity index (χ3v) is 10.9. The Morgan fingerprint density at radius 2 is 0.597 bits per heavy atom. The van der Waals surface area contributed by atoms with Crippen LogP contribution in [0.2, 0.25) is 0 Å². The Bertz CT molecular complexity index is 4240. The third-order valence-electron chi connectivity index (χ3n) is 10.9. The minimum atomic E-state index is -0.698. The lowest BCUT2D eigenvalue weighted by Crippen LogP contribution is -2.10. The molecule has 290 valence electrons. The molecule has 0 saturated heterocycles. The molecule has 0 saturated carbocycles. The maximum absolute atomic E-state index is 9.20. The van der Waals surface area contributed by atoms with Gasteiger partial charge in [-0.3, -0.25) is 9.13 Å². The van der Waals surface area contributed by atoms with E-state index in [0.29, 0.717) is 5.56 Å². The molecule has 12 rings (SSSR count). The lowest BCUT2D eigenvalue weighted by molar-refractivity contribution is 0.893. The highest BCUT2D eigenvalue weighted by molar-refractivity contribution is 6.10. The molecular weight excluding hydrogens is 755 g/mol. The lowest BCUT2D eigenvalue weighted by Gasteiger charge is -2.13. The van der Waals surface area contributed by atoms with E-state index in [1.807, 2.05) is 66.7 Å². The summed E-state index contributed by atoms with van der Waals surface area (Å²) in [5.74, 6) is -1.07. The molecule has 0 atom stereocenters. The molecule has 0 aliphatic rings. The van der Waals surface area contributed by atoms with Crippen LogP contribution in [0.5, 0.6) is 0 Å². The van der Waals surface area contributed by atoms with E-state index in [4.69, 9.17) is 31.4 Å². The summed E-state index contributed by atoms with van der Waals surface area (Å²) in [6, 6.07) is 31.4. The second kappa shape index (κ2) is 14.7. The number of para-hydroxylation sites is 4. The van der Waals surface area contributed by atoms with E-state index < -0.39 is 109 Å². The Balaban J connectivity index is 1.08. The van der Waals surface area contributed by atoms with Gasteiger partial charge < -0.3 is 0 Å². The largest absolute Gasteiger partial charge is 0.278 e. The maximum Gasteiger partial charge on any atom is 0.240 e. The highest BCUT2D eigenvalue weighted by Gasteiger charge is 2.20. The molecule has 0 fully saturated rings. The van der Waals surface area contributed by atoms with Crippen LogP contribution in [-0.4, -0.2) is 24.1 Å². The number of hydrogen-bond acceptors (Lipinski definition) is 3. The van der Waals surface area contributed by atoms with Crippen LogP contribution in [0, 0.1) is 0 Å². The summed E-state index contributed by atoms with van der Waals surface area (Å²) in [4.78, 5) is 14.5. The predicted octanol–water partition coefficient (Wildman–Crippen LogP) is 14.4. The van der Waals surface area contributed by atoms with Gasteiger partial charge in [-0.1, -0.05) is 182 Å². The number of nitrogens with zero attached hydrogens (tertiary/aromatic N) is 5. The second-order valence-electron chi connectivity index (χ2n) is 14.5. The summed E-state index contributed by atoms with van der Waals surface area (Å²) in [7, 11) is 0. The smallest absolute Gasteiger partial charge is 0.240 e. The van der Waals surface area contributed by atoms with Crippen LogP contribution in [0.1, 0.15) is 21.9 Å². The molecule has 0 radical (unpaired) electrons. The zero-order valence-corrected chi connectivity index (χ0v) is 32.4. The van der Waals surface area contributed by atoms with Crippen LogP contribution in [0.3, 0.4) is 0 Å². The quantitative estimate of drug-likeness (QED) is 0.161. The van der Waals surface area contributed by atoms with E-state index in [-0.39, 0.29) is 49.4 Å². The summed E-state index contributed by atoms with van der Waals surface area (Å²) in [6.07, 6.45) is 0. The molecule has 3 heterocycles. The number of hydrogen-bond donors (Lipinski definition) is 0. The van der Waals surface area contributed by atoms with Gasteiger partial charge in [0.05, 0.1) is 44.0 Å². The Morgan fingerprint density at radius 3 is 0.984 bits per heavy atom. The molecule has 5 heteroatoms. The van der Waals surface area contributed by atoms with Gasteiger partial charge in [-0.05, 0) is 86.9 Å². The Hall–Kier alpha value is -8.41. The van der Waals surface area contributed by atoms with Crippen LogP contribution >= 0.6 is 0 Å². The number of aromatic nitrogens is 5. The fourth-order valence-electron chi connectivity index (χ4n) is 8.00. The van der Waals surface area contributed by atoms with Crippen molar-refractivity contribution in [1.29, 1.82) is 0 Å². The summed E-state index contributed by atoms with van der Waals surface area (Å²) < 4.78 is 144. The predicted molar refractivity (Wildman–Crippen MR) is 256 cm³/mol. The molecule has 62 heavy (non-hydrogen) atoms. The molecule has 0 unspecified atom stereocenters. The molecule has 3 aromatic heterocycles. The molecular formula is C57H37N5. The third kappa shape index (κ3) is 6.06. The van der Waals surface area contributed by atoms with Gasteiger partial charge in [-0.2, -0.15) is 15.0 Å². The van der Waals surface area contributed by atoms with E-state index in [1.54, 1.807) is 12.1 Å². The standard InChI is InChI=1S/C57H37N5/c1-2-15-38(16-3-1)41-17-12-19-43(35-41)45-21-14-22-46(37-45)44-20-13-18-42(36-44)39-31-33-40(34-32-39)55-58-56(61-51-27-8-4-23-47(51)48-24-5-9-28-52(48)61)60-57(59-55)62-53-29-10-6-25-49(53)50-26-7-11-30-54(50)62/h1-37H/i4D,5D,6D,7D,8D,9D,10D,11D,23D,24D,25D,26D,27D,28D,29D,30D. The van der Waals surface area contributed by atoms with Crippen molar-refractivity contribution in [3.8, 4) is 67.8 Å². The van der Waals surface area contributed by atoms with Gasteiger partial charge in [0.2, 0.25) is 11.9 Å². The Labute approximate surface area is 381 Å². The summed E-state index contributed by atoms with van der Waals surface area (Å²) in [5.41, 5.74) is 6.94. The topological polar surface area (TPSA) is 48.5 Å². The van der Waals surface area contributed by atoms with Crippen molar-refractivity contribution in [2.45, 2.75) is 0 Å². The van der Waals surface area contributed by atoms with Crippen molar-refractivity contribution in [2.24, 2.45) is 0 Å². The van der Waals surface area contributed by atoms with Crippen molar-refractivity contribution < 1.29 is 21.9 Å². The van der Waals surface area contributed by atoms with Gasteiger partial charge in [0.25, 0.3) is 0 Å². The van der Waals surface area contributed by atoms with Gasteiger partial charge in [-0.15, -0.1) is 0 Å². The van der Waals surface area contributed by atoms with Crippen LogP contribution in [0.15, 0.2) is 224 Å². The lowest BCUT2D eigenvalue weighted by atomic mass is 9.94. The average Bonchev–Trinajstić information content (AvgIpc) is 4.24. The van der Waals surface area contributed by atoms with Crippen molar-refractivity contribution in [3.63, 3.8) is 0 Å². The number of fused-ring (bicyclic) bond motifs is 6. The Kier molecular flexibility index (Phi) is 5.41. The van der Waals surface area contributed by atoms with Crippen molar-refractivity contribution in [1.82, 2.24) is 24.1 Å². The van der Waals surface area contributed by atoms with E-state index in [1.165, 1.54) is 0 Å². The van der Waals surface area contributed by atoms with Crippen LogP contribution in [0.4, 0.5) is 0 Å². The highest BCUT2D eigenvalue weighted by atomic mass is 15.3. The first-order chi connectivity index (χ1) is 37.4. The van der Waals surface area contributed by atoms with Crippen LogP contribution in [0.25, 0.3) is 111 Å². The summed E-state index contributed by atoms with van der Waals surface area (Å²) in [6.45, 7) is 0. The first-order valence-corrected chi connectivity index (χ1v) is 19.6.